The Morgan fingerprint density at radius 3 is 2.64 bits per heavy atom. The van der Waals surface area contributed by atoms with Crippen molar-refractivity contribution in [3.63, 3.8) is 0 Å². The maximum Gasteiger partial charge on any atom is 0.319 e. The van der Waals surface area contributed by atoms with Gasteiger partial charge in [-0.05, 0) is 30.5 Å². The summed E-state index contributed by atoms with van der Waals surface area (Å²) in [6.07, 6.45) is 1.65. The van der Waals surface area contributed by atoms with Gasteiger partial charge in [-0.3, -0.25) is 4.79 Å². The lowest BCUT2D eigenvalue weighted by Gasteiger charge is -2.33. The predicted molar refractivity (Wildman–Crippen MR) is 98.6 cm³/mol. The minimum absolute atomic E-state index is 0.318. The first-order valence-corrected chi connectivity index (χ1v) is 9.40. The molecule has 0 bridgehead atoms. The fraction of sp³-hybridized carbons (Fsp3) is 0.444. The highest BCUT2D eigenvalue weighted by Gasteiger charge is 2.38. The zero-order chi connectivity index (χ0) is 18.2. The van der Waals surface area contributed by atoms with Crippen molar-refractivity contribution in [2.45, 2.75) is 25.8 Å². The molecule has 2 rings (SSSR count). The lowest BCUT2D eigenvalue weighted by Crippen LogP contribution is -2.51. The normalized spacial score (nSPS) is 19.8. The van der Waals surface area contributed by atoms with E-state index >= 15 is 0 Å². The van der Waals surface area contributed by atoms with Crippen LogP contribution in [0, 0.1) is 5.92 Å². The van der Waals surface area contributed by atoms with E-state index in [1.165, 1.54) is 0 Å². The highest BCUT2D eigenvalue weighted by molar-refractivity contribution is 9.09. The third kappa shape index (κ3) is 5.22. The zero-order valence-electron chi connectivity index (χ0n) is 14.2. The molecule has 6 nitrogen and oxygen atoms in total. The van der Waals surface area contributed by atoms with Crippen molar-refractivity contribution < 1.29 is 19.1 Å². The summed E-state index contributed by atoms with van der Waals surface area (Å²) in [5.41, 5.74) is 1.13. The fourth-order valence-electron chi connectivity index (χ4n) is 2.55. The molecule has 0 saturated carbocycles. The van der Waals surface area contributed by atoms with Gasteiger partial charge in [-0.2, -0.15) is 0 Å². The van der Waals surface area contributed by atoms with Crippen LogP contribution in [-0.2, 0) is 9.53 Å². The van der Waals surface area contributed by atoms with Gasteiger partial charge in [0.2, 0.25) is 0 Å². The molecule has 0 spiro atoms. The number of carbonyl (C=O) groups excluding carboxylic acids is 2. The molecule has 2 atom stereocenters. The number of esters is 1. The number of nitrogens with one attached hydrogen (secondary N) is 2. The summed E-state index contributed by atoms with van der Waals surface area (Å²) in [5.74, 6) is -0.341. The molecule has 136 valence electrons. The Bertz CT molecular complexity index is 618. The van der Waals surface area contributed by atoms with E-state index in [9.17, 15) is 9.59 Å². The Balaban J connectivity index is 2.16. The highest BCUT2D eigenvalue weighted by Crippen LogP contribution is 2.31. The second kappa shape index (κ2) is 9.46. The summed E-state index contributed by atoms with van der Waals surface area (Å²) in [6, 6.07) is 6.43. The summed E-state index contributed by atoms with van der Waals surface area (Å²) in [6.45, 7) is 6.82. The first-order chi connectivity index (χ1) is 12.1. The number of benzene rings is 1. The number of alkyl halides is 1. The largest absolute Gasteiger partial charge is 0.494 e. The lowest BCUT2D eigenvalue weighted by molar-refractivity contribution is -0.148. The standard InChI is InChI=1S/C18H23BrN2O4/c1-3-10-24-14-7-5-13(6-8-14)16-15(12(2)20-18(23)21-16)17(22)25-11-4-9-19/h5-8,15-16H,2-4,9-11H2,1H3,(H2,20,21,23)/t15-,16+/m0/s1. The summed E-state index contributed by atoms with van der Waals surface area (Å²) >= 11 is 3.30. The molecule has 7 heteroatoms. The van der Waals surface area contributed by atoms with Gasteiger partial charge in [0.05, 0.1) is 19.3 Å². The van der Waals surface area contributed by atoms with Gasteiger partial charge in [-0.1, -0.05) is 41.6 Å². The number of hydrogen-bond donors (Lipinski definition) is 2. The molecule has 1 aromatic carbocycles. The number of rotatable bonds is 8. The molecule has 0 unspecified atom stereocenters. The second-order valence-corrected chi connectivity index (χ2v) is 6.50. The van der Waals surface area contributed by atoms with Gasteiger partial charge in [-0.25, -0.2) is 4.79 Å². The van der Waals surface area contributed by atoms with Gasteiger partial charge in [-0.15, -0.1) is 0 Å². The van der Waals surface area contributed by atoms with Crippen molar-refractivity contribution in [3.8, 4) is 5.75 Å². The molecule has 1 aromatic rings. The van der Waals surface area contributed by atoms with Crippen LogP contribution in [0.25, 0.3) is 0 Å². The van der Waals surface area contributed by atoms with Crippen molar-refractivity contribution in [1.82, 2.24) is 10.6 Å². The number of halogens is 1. The van der Waals surface area contributed by atoms with Crippen LogP contribution in [0.4, 0.5) is 4.79 Å². The molecule has 2 N–H and O–H groups in total. The van der Waals surface area contributed by atoms with Crippen LogP contribution in [-0.4, -0.2) is 30.5 Å². The minimum atomic E-state index is -0.685. The Morgan fingerprint density at radius 2 is 2.00 bits per heavy atom. The number of carbonyl (C=O) groups is 2. The van der Waals surface area contributed by atoms with Crippen molar-refractivity contribution >= 4 is 27.9 Å². The van der Waals surface area contributed by atoms with E-state index in [0.717, 1.165) is 29.5 Å². The number of hydrogen-bond acceptors (Lipinski definition) is 4. The molecule has 0 aliphatic carbocycles. The van der Waals surface area contributed by atoms with E-state index in [-0.39, 0.29) is 6.03 Å². The molecular formula is C18H23BrN2O4. The van der Waals surface area contributed by atoms with Crippen LogP contribution in [0.2, 0.25) is 0 Å². The average Bonchev–Trinajstić information content (AvgIpc) is 2.59. The van der Waals surface area contributed by atoms with E-state index in [1.54, 1.807) is 0 Å². The second-order valence-electron chi connectivity index (χ2n) is 5.71. The summed E-state index contributed by atoms with van der Waals surface area (Å²) < 4.78 is 10.9. The van der Waals surface area contributed by atoms with Crippen LogP contribution < -0.4 is 15.4 Å². The number of amides is 2. The molecule has 2 amide bonds. The van der Waals surface area contributed by atoms with Gasteiger partial charge < -0.3 is 20.1 Å². The quantitative estimate of drug-likeness (QED) is 0.391. The third-order valence-corrected chi connectivity index (χ3v) is 4.32. The van der Waals surface area contributed by atoms with Crippen molar-refractivity contribution in [2.24, 2.45) is 5.92 Å². The van der Waals surface area contributed by atoms with Crippen LogP contribution in [0.1, 0.15) is 31.4 Å². The van der Waals surface area contributed by atoms with E-state index in [1.807, 2.05) is 31.2 Å². The monoisotopic (exact) mass is 410 g/mol. The Kier molecular flexibility index (Phi) is 7.31. The molecule has 0 aromatic heterocycles. The minimum Gasteiger partial charge on any atom is -0.494 e. The molecule has 1 aliphatic rings. The first kappa shape index (κ1) is 19.3. The van der Waals surface area contributed by atoms with E-state index < -0.39 is 17.9 Å². The maximum absolute atomic E-state index is 12.5. The topological polar surface area (TPSA) is 76.7 Å². The van der Waals surface area contributed by atoms with Crippen molar-refractivity contribution in [1.29, 1.82) is 0 Å². The highest BCUT2D eigenvalue weighted by atomic mass is 79.9. The van der Waals surface area contributed by atoms with Gasteiger partial charge in [0.25, 0.3) is 0 Å². The summed E-state index contributed by atoms with van der Waals surface area (Å²) in [7, 11) is 0. The Labute approximate surface area is 156 Å². The number of urea groups is 1. The van der Waals surface area contributed by atoms with E-state index in [4.69, 9.17) is 9.47 Å². The molecular weight excluding hydrogens is 388 g/mol. The van der Waals surface area contributed by atoms with Crippen LogP contribution in [0.3, 0.4) is 0 Å². The van der Waals surface area contributed by atoms with Crippen molar-refractivity contribution in [2.75, 3.05) is 18.5 Å². The summed E-state index contributed by atoms with van der Waals surface area (Å²) in [4.78, 5) is 24.3. The van der Waals surface area contributed by atoms with Gasteiger partial charge in [0, 0.05) is 11.0 Å². The summed E-state index contributed by atoms with van der Waals surface area (Å²) in [5, 5.41) is 6.10. The van der Waals surface area contributed by atoms with E-state index in [2.05, 4.69) is 33.1 Å². The van der Waals surface area contributed by atoms with Gasteiger partial charge in [0.1, 0.15) is 11.7 Å². The SMILES string of the molecule is C=C1NC(=O)N[C@H](c2ccc(OCCC)cc2)[C@H]1C(=O)OCCCBr. The molecule has 25 heavy (non-hydrogen) atoms. The van der Waals surface area contributed by atoms with Gasteiger partial charge in [0.15, 0.2) is 0 Å². The average molecular weight is 411 g/mol. The molecule has 1 aliphatic heterocycles. The van der Waals surface area contributed by atoms with Crippen LogP contribution in [0.15, 0.2) is 36.5 Å². The first-order valence-electron chi connectivity index (χ1n) is 8.28. The molecule has 1 heterocycles. The van der Waals surface area contributed by atoms with Crippen molar-refractivity contribution in [3.05, 3.63) is 42.1 Å². The van der Waals surface area contributed by atoms with Crippen LogP contribution in [0.5, 0.6) is 5.75 Å². The number of ether oxygens (including phenoxy) is 2. The maximum atomic E-state index is 12.5. The predicted octanol–water partition coefficient (Wildman–Crippen LogP) is 3.29. The van der Waals surface area contributed by atoms with E-state index in [0.29, 0.717) is 18.9 Å². The zero-order valence-corrected chi connectivity index (χ0v) is 15.8. The molecule has 1 fully saturated rings. The lowest BCUT2D eigenvalue weighted by atomic mass is 9.89. The van der Waals surface area contributed by atoms with Crippen LogP contribution >= 0.6 is 15.9 Å². The Hall–Kier alpha value is -2.02. The fourth-order valence-corrected chi connectivity index (χ4v) is 2.78. The van der Waals surface area contributed by atoms with Gasteiger partial charge >= 0.3 is 12.0 Å². The molecule has 1 saturated heterocycles. The molecule has 0 radical (unpaired) electrons. The smallest absolute Gasteiger partial charge is 0.319 e. The third-order valence-electron chi connectivity index (χ3n) is 3.76. The Morgan fingerprint density at radius 1 is 1.28 bits per heavy atom.